The monoisotopic (exact) mass is 242 g/mol. The Morgan fingerprint density at radius 3 is 1.67 bits per heavy atom. The zero-order valence-corrected chi connectivity index (χ0v) is 9.94. The van der Waals surface area contributed by atoms with E-state index in [1.54, 1.807) is 12.7 Å². The van der Waals surface area contributed by atoms with Gasteiger partial charge in [0.1, 0.15) is 0 Å². The molecule has 4 rings (SSSR count). The van der Waals surface area contributed by atoms with Gasteiger partial charge >= 0.3 is 0 Å². The fourth-order valence-electron chi connectivity index (χ4n) is 2.95. The molecule has 0 radical (unpaired) electrons. The molecular weight excluding hydrogens is 228 g/mol. The second-order valence-electron chi connectivity index (χ2n) is 5.40. The fourth-order valence-corrected chi connectivity index (χ4v) is 2.95. The summed E-state index contributed by atoms with van der Waals surface area (Å²) in [5.74, 6) is 0.314. The molecule has 92 valence electrons. The first kappa shape index (κ1) is 10.1. The standard InChI is InChI=1S/C13H14N4O/c18-11(12(1-2-12)9-5-14-7-16-9)13(3-4-13)10-6-15-8-17-10/h5-8H,1-4H2,(H,14,16)(H,15,17). The molecule has 2 aliphatic rings. The lowest BCUT2D eigenvalue weighted by molar-refractivity contribution is -0.124. The predicted molar refractivity (Wildman–Crippen MR) is 64.0 cm³/mol. The van der Waals surface area contributed by atoms with Crippen molar-refractivity contribution < 1.29 is 4.79 Å². The van der Waals surface area contributed by atoms with Crippen molar-refractivity contribution >= 4 is 5.78 Å². The van der Waals surface area contributed by atoms with Gasteiger partial charge in [0.25, 0.3) is 0 Å². The van der Waals surface area contributed by atoms with Crippen LogP contribution < -0.4 is 0 Å². The van der Waals surface area contributed by atoms with E-state index < -0.39 is 0 Å². The lowest BCUT2D eigenvalue weighted by atomic mass is 9.83. The van der Waals surface area contributed by atoms with Crippen molar-refractivity contribution in [3.63, 3.8) is 0 Å². The molecule has 2 aromatic rings. The third-order valence-electron chi connectivity index (χ3n) is 4.35. The highest BCUT2D eigenvalue weighted by atomic mass is 16.1. The smallest absolute Gasteiger partial charge is 0.157 e. The van der Waals surface area contributed by atoms with Crippen LogP contribution in [0.15, 0.2) is 25.0 Å². The number of aromatic nitrogens is 4. The second-order valence-corrected chi connectivity index (χ2v) is 5.40. The fraction of sp³-hybridized carbons (Fsp3) is 0.462. The normalized spacial score (nSPS) is 22.7. The van der Waals surface area contributed by atoms with Crippen LogP contribution in [0.3, 0.4) is 0 Å². The van der Waals surface area contributed by atoms with Gasteiger partial charge in [-0.3, -0.25) is 4.79 Å². The van der Waals surface area contributed by atoms with Gasteiger partial charge in [0, 0.05) is 12.4 Å². The van der Waals surface area contributed by atoms with Gasteiger partial charge in [-0.1, -0.05) is 0 Å². The van der Waals surface area contributed by atoms with Crippen molar-refractivity contribution in [3.05, 3.63) is 36.4 Å². The molecule has 2 fully saturated rings. The molecule has 0 saturated heterocycles. The van der Waals surface area contributed by atoms with Crippen LogP contribution in [0.5, 0.6) is 0 Å². The summed E-state index contributed by atoms with van der Waals surface area (Å²) >= 11 is 0. The van der Waals surface area contributed by atoms with E-state index >= 15 is 0 Å². The maximum absolute atomic E-state index is 12.9. The van der Waals surface area contributed by atoms with E-state index in [1.807, 2.05) is 12.4 Å². The van der Waals surface area contributed by atoms with Gasteiger partial charge in [-0.15, -0.1) is 0 Å². The van der Waals surface area contributed by atoms with Crippen molar-refractivity contribution in [2.75, 3.05) is 0 Å². The number of ketones is 1. The maximum atomic E-state index is 12.9. The largest absolute Gasteiger partial charge is 0.351 e. The van der Waals surface area contributed by atoms with Gasteiger partial charge in [-0.25, -0.2) is 9.97 Å². The highest BCUT2D eigenvalue weighted by Crippen LogP contribution is 2.59. The van der Waals surface area contributed by atoms with E-state index in [-0.39, 0.29) is 10.8 Å². The molecule has 18 heavy (non-hydrogen) atoms. The summed E-state index contributed by atoms with van der Waals surface area (Å²) in [7, 11) is 0. The molecule has 0 aliphatic heterocycles. The number of carbonyl (C=O) groups is 1. The van der Waals surface area contributed by atoms with Crippen LogP contribution in [-0.2, 0) is 15.6 Å². The van der Waals surface area contributed by atoms with Crippen LogP contribution in [0, 0.1) is 0 Å². The van der Waals surface area contributed by atoms with Crippen LogP contribution in [0.4, 0.5) is 0 Å². The average molecular weight is 242 g/mol. The lowest BCUT2D eigenvalue weighted by Crippen LogP contribution is -2.33. The molecular formula is C13H14N4O. The minimum absolute atomic E-state index is 0.314. The summed E-state index contributed by atoms with van der Waals surface area (Å²) in [6.45, 7) is 0. The van der Waals surface area contributed by atoms with Crippen LogP contribution in [0.1, 0.15) is 37.1 Å². The van der Waals surface area contributed by atoms with E-state index in [1.165, 1.54) is 0 Å². The predicted octanol–water partition coefficient (Wildman–Crippen LogP) is 1.47. The zero-order valence-electron chi connectivity index (χ0n) is 9.94. The number of hydrogen-bond acceptors (Lipinski definition) is 3. The summed E-state index contributed by atoms with van der Waals surface area (Å²) in [4.78, 5) is 27.4. The Bertz CT molecular complexity index is 524. The first-order chi connectivity index (χ1) is 8.78. The molecule has 2 saturated carbocycles. The molecule has 0 bridgehead atoms. The summed E-state index contributed by atoms with van der Waals surface area (Å²) in [6, 6.07) is 0. The topological polar surface area (TPSA) is 74.4 Å². The first-order valence-corrected chi connectivity index (χ1v) is 6.31. The van der Waals surface area contributed by atoms with Crippen LogP contribution in [0.25, 0.3) is 0 Å². The minimum Gasteiger partial charge on any atom is -0.351 e. The van der Waals surface area contributed by atoms with Crippen LogP contribution in [0.2, 0.25) is 0 Å². The molecule has 2 heterocycles. The summed E-state index contributed by atoms with van der Waals surface area (Å²) < 4.78 is 0. The number of hydrogen-bond donors (Lipinski definition) is 2. The molecule has 2 aromatic heterocycles. The van der Waals surface area contributed by atoms with Crippen molar-refractivity contribution in [3.8, 4) is 0 Å². The Kier molecular flexibility index (Phi) is 1.73. The van der Waals surface area contributed by atoms with Crippen molar-refractivity contribution in [1.29, 1.82) is 0 Å². The van der Waals surface area contributed by atoms with Crippen LogP contribution >= 0.6 is 0 Å². The number of rotatable bonds is 4. The molecule has 0 spiro atoms. The van der Waals surface area contributed by atoms with E-state index in [0.29, 0.717) is 5.78 Å². The molecule has 2 N–H and O–H groups in total. The SMILES string of the molecule is O=C(C1(c2c[nH]cn2)CC1)C1(c2c[nH]cn2)CC1. The molecule has 0 atom stereocenters. The Morgan fingerprint density at radius 2 is 1.39 bits per heavy atom. The molecule has 2 aliphatic carbocycles. The number of Topliss-reactive ketones (excluding diaryl/α,β-unsaturated/α-hetero) is 1. The van der Waals surface area contributed by atoms with E-state index in [9.17, 15) is 4.79 Å². The Morgan fingerprint density at radius 1 is 0.944 bits per heavy atom. The summed E-state index contributed by atoms with van der Waals surface area (Å²) in [5, 5.41) is 0. The molecule has 5 heteroatoms. The van der Waals surface area contributed by atoms with Gasteiger partial charge in [-0.05, 0) is 25.7 Å². The quantitative estimate of drug-likeness (QED) is 0.852. The molecule has 0 amide bonds. The van der Waals surface area contributed by atoms with Crippen LogP contribution in [-0.4, -0.2) is 25.7 Å². The highest BCUT2D eigenvalue weighted by Gasteiger charge is 2.64. The number of imidazole rings is 2. The van der Waals surface area contributed by atoms with Gasteiger partial charge < -0.3 is 9.97 Å². The van der Waals surface area contributed by atoms with Gasteiger partial charge in [0.2, 0.25) is 0 Å². The average Bonchev–Trinajstić information content (AvgIpc) is 3.25. The zero-order chi connectivity index (χ0) is 12.2. The molecule has 0 aromatic carbocycles. The number of carbonyl (C=O) groups excluding carboxylic acids is 1. The lowest BCUT2D eigenvalue weighted by Gasteiger charge is -2.18. The van der Waals surface area contributed by atoms with Crippen molar-refractivity contribution in [2.24, 2.45) is 0 Å². The number of aromatic amines is 2. The molecule has 0 unspecified atom stereocenters. The minimum atomic E-state index is -0.338. The molecule has 5 nitrogen and oxygen atoms in total. The first-order valence-electron chi connectivity index (χ1n) is 6.31. The Balaban J connectivity index is 1.73. The summed E-state index contributed by atoms with van der Waals surface area (Å²) in [5.41, 5.74) is 1.12. The number of nitrogens with zero attached hydrogens (tertiary/aromatic N) is 2. The van der Waals surface area contributed by atoms with Gasteiger partial charge in [0.15, 0.2) is 5.78 Å². The van der Waals surface area contributed by atoms with E-state index in [4.69, 9.17) is 0 Å². The van der Waals surface area contributed by atoms with E-state index in [0.717, 1.165) is 37.1 Å². The van der Waals surface area contributed by atoms with E-state index in [2.05, 4.69) is 19.9 Å². The highest BCUT2D eigenvalue weighted by molar-refractivity contribution is 6.02. The Labute approximate surface area is 104 Å². The number of H-pyrrole nitrogens is 2. The van der Waals surface area contributed by atoms with Gasteiger partial charge in [0.05, 0.1) is 34.9 Å². The second kappa shape index (κ2) is 3.10. The van der Waals surface area contributed by atoms with Gasteiger partial charge in [-0.2, -0.15) is 0 Å². The summed E-state index contributed by atoms with van der Waals surface area (Å²) in [6.07, 6.45) is 10.7. The van der Waals surface area contributed by atoms with Crippen molar-refractivity contribution in [2.45, 2.75) is 36.5 Å². The maximum Gasteiger partial charge on any atom is 0.157 e. The Hall–Kier alpha value is -1.91. The third-order valence-corrected chi connectivity index (χ3v) is 4.35. The van der Waals surface area contributed by atoms with Crippen molar-refractivity contribution in [1.82, 2.24) is 19.9 Å². The third kappa shape index (κ3) is 1.14. The number of nitrogens with one attached hydrogen (secondary N) is 2.